The summed E-state index contributed by atoms with van der Waals surface area (Å²) >= 11 is 3.24. The second kappa shape index (κ2) is 5.41. The maximum atomic E-state index is 9.68. The molecule has 1 rings (SSSR count). The molecule has 0 fully saturated rings. The van der Waals surface area contributed by atoms with Crippen molar-refractivity contribution >= 4 is 15.9 Å². The van der Waals surface area contributed by atoms with Crippen LogP contribution in [0.1, 0.15) is 18.1 Å². The Balaban J connectivity index is 2.73. The number of hydrogen-bond acceptors (Lipinski definition) is 4. The highest BCUT2D eigenvalue weighted by Crippen LogP contribution is 2.20. The fraction of sp³-hybridized carbons (Fsp3) is 0.444. The van der Waals surface area contributed by atoms with Gasteiger partial charge in [-0.25, -0.2) is 0 Å². The predicted octanol–water partition coefficient (Wildman–Crippen LogP) is 0.587. The van der Waals surface area contributed by atoms with E-state index in [2.05, 4.69) is 20.9 Å². The van der Waals surface area contributed by atoms with Crippen molar-refractivity contribution in [3.8, 4) is 0 Å². The van der Waals surface area contributed by atoms with Crippen LogP contribution < -0.4 is 5.73 Å². The fourth-order valence-electron chi connectivity index (χ4n) is 1.14. The Bertz CT molecular complexity index is 296. The average Bonchev–Trinajstić information content (AvgIpc) is 2.17. The molecule has 0 bridgehead atoms. The normalized spacial score (nSPS) is 15.1. The lowest BCUT2D eigenvalue weighted by atomic mass is 10.0. The van der Waals surface area contributed by atoms with Gasteiger partial charge in [0.25, 0.3) is 0 Å². The van der Waals surface area contributed by atoms with Gasteiger partial charge in [-0.05, 0) is 35.0 Å². The maximum Gasteiger partial charge on any atom is 0.106 e. The third kappa shape index (κ3) is 3.02. The van der Waals surface area contributed by atoms with E-state index >= 15 is 0 Å². The van der Waals surface area contributed by atoms with Crippen molar-refractivity contribution in [2.75, 3.05) is 6.54 Å². The van der Waals surface area contributed by atoms with Crippen molar-refractivity contribution in [3.63, 3.8) is 0 Å². The SMILES string of the molecule is NCCC(O)C(O)c1cncc(Br)c1. The second-order valence-corrected chi connectivity index (χ2v) is 3.94. The first-order chi connectivity index (χ1) is 6.65. The highest BCUT2D eigenvalue weighted by molar-refractivity contribution is 9.10. The van der Waals surface area contributed by atoms with Crippen LogP contribution in [-0.2, 0) is 0 Å². The van der Waals surface area contributed by atoms with Gasteiger partial charge in [0.05, 0.1) is 6.10 Å². The van der Waals surface area contributed by atoms with Crippen LogP contribution in [0.5, 0.6) is 0 Å². The Kier molecular flexibility index (Phi) is 4.47. The molecule has 0 aromatic carbocycles. The first-order valence-electron chi connectivity index (χ1n) is 4.31. The summed E-state index contributed by atoms with van der Waals surface area (Å²) in [6.07, 6.45) is 1.74. The lowest BCUT2D eigenvalue weighted by Gasteiger charge is -2.16. The van der Waals surface area contributed by atoms with E-state index in [0.717, 1.165) is 4.47 Å². The van der Waals surface area contributed by atoms with Crippen molar-refractivity contribution < 1.29 is 10.2 Å². The van der Waals surface area contributed by atoms with Crippen LogP contribution in [-0.4, -0.2) is 27.8 Å². The molecule has 0 spiro atoms. The van der Waals surface area contributed by atoms with Gasteiger partial charge in [0.2, 0.25) is 0 Å². The van der Waals surface area contributed by atoms with Crippen molar-refractivity contribution in [1.82, 2.24) is 4.98 Å². The summed E-state index contributed by atoms with van der Waals surface area (Å²) < 4.78 is 0.772. The van der Waals surface area contributed by atoms with Crippen LogP contribution in [0, 0.1) is 0 Å². The second-order valence-electron chi connectivity index (χ2n) is 3.03. The number of aliphatic hydroxyl groups excluding tert-OH is 2. The van der Waals surface area contributed by atoms with E-state index in [1.54, 1.807) is 12.3 Å². The molecule has 0 saturated carbocycles. The smallest absolute Gasteiger partial charge is 0.106 e. The topological polar surface area (TPSA) is 79.4 Å². The first-order valence-corrected chi connectivity index (χ1v) is 5.11. The summed E-state index contributed by atoms with van der Waals surface area (Å²) in [5.74, 6) is 0. The van der Waals surface area contributed by atoms with Gasteiger partial charge in [0, 0.05) is 22.4 Å². The van der Waals surface area contributed by atoms with Gasteiger partial charge >= 0.3 is 0 Å². The zero-order chi connectivity index (χ0) is 10.6. The quantitative estimate of drug-likeness (QED) is 0.741. The number of hydrogen-bond donors (Lipinski definition) is 3. The minimum atomic E-state index is -0.927. The molecule has 2 unspecified atom stereocenters. The molecule has 1 heterocycles. The monoisotopic (exact) mass is 260 g/mol. The number of nitrogens with two attached hydrogens (primary N) is 1. The Hall–Kier alpha value is -0.490. The Morgan fingerprint density at radius 3 is 2.71 bits per heavy atom. The molecule has 0 saturated heterocycles. The zero-order valence-electron chi connectivity index (χ0n) is 7.60. The summed E-state index contributed by atoms with van der Waals surface area (Å²) in [7, 11) is 0. The highest BCUT2D eigenvalue weighted by atomic mass is 79.9. The Labute approximate surface area is 90.9 Å². The molecule has 4 N–H and O–H groups in total. The van der Waals surface area contributed by atoms with Crippen LogP contribution >= 0.6 is 15.9 Å². The van der Waals surface area contributed by atoms with Crippen molar-refractivity contribution in [3.05, 3.63) is 28.5 Å². The van der Waals surface area contributed by atoms with E-state index in [1.165, 1.54) is 6.20 Å². The summed E-state index contributed by atoms with van der Waals surface area (Å²) in [6.45, 7) is 0.347. The molecule has 78 valence electrons. The molecule has 5 heteroatoms. The number of halogens is 1. The molecule has 1 aromatic rings. The Morgan fingerprint density at radius 1 is 1.43 bits per heavy atom. The number of aromatic nitrogens is 1. The van der Waals surface area contributed by atoms with Gasteiger partial charge < -0.3 is 15.9 Å². The summed E-state index contributed by atoms with van der Waals surface area (Å²) in [5, 5.41) is 19.2. The highest BCUT2D eigenvalue weighted by Gasteiger charge is 2.17. The average molecular weight is 261 g/mol. The summed E-state index contributed by atoms with van der Waals surface area (Å²) in [5.41, 5.74) is 5.86. The summed E-state index contributed by atoms with van der Waals surface area (Å²) in [4.78, 5) is 3.90. The standard InChI is InChI=1S/C9H13BrN2O2/c10-7-3-6(4-12-5-7)9(14)8(13)1-2-11/h3-5,8-9,13-14H,1-2,11H2. The van der Waals surface area contributed by atoms with E-state index in [4.69, 9.17) is 5.73 Å². The van der Waals surface area contributed by atoms with Gasteiger partial charge in [-0.3, -0.25) is 4.98 Å². The van der Waals surface area contributed by atoms with Crippen LogP contribution in [0.4, 0.5) is 0 Å². The lowest BCUT2D eigenvalue weighted by molar-refractivity contribution is 0.0148. The van der Waals surface area contributed by atoms with E-state index < -0.39 is 12.2 Å². The molecule has 0 aliphatic carbocycles. The van der Waals surface area contributed by atoms with Crippen LogP contribution in [0.25, 0.3) is 0 Å². The van der Waals surface area contributed by atoms with Crippen molar-refractivity contribution in [2.45, 2.75) is 18.6 Å². The van der Waals surface area contributed by atoms with E-state index in [9.17, 15) is 10.2 Å². The molecule has 0 amide bonds. The zero-order valence-corrected chi connectivity index (χ0v) is 9.18. The van der Waals surface area contributed by atoms with Crippen LogP contribution in [0.15, 0.2) is 22.9 Å². The van der Waals surface area contributed by atoms with Gasteiger partial charge in [0.15, 0.2) is 0 Å². The van der Waals surface area contributed by atoms with E-state index in [0.29, 0.717) is 18.5 Å². The number of rotatable bonds is 4. The van der Waals surface area contributed by atoms with Crippen LogP contribution in [0.2, 0.25) is 0 Å². The molecular formula is C9H13BrN2O2. The molecule has 0 radical (unpaired) electrons. The number of pyridine rings is 1. The first kappa shape index (κ1) is 11.6. The lowest BCUT2D eigenvalue weighted by Crippen LogP contribution is -2.21. The molecule has 0 aliphatic rings. The van der Waals surface area contributed by atoms with E-state index in [1.807, 2.05) is 0 Å². The number of nitrogens with zero attached hydrogens (tertiary/aromatic N) is 1. The minimum absolute atomic E-state index is 0.347. The number of aliphatic hydroxyl groups is 2. The summed E-state index contributed by atoms with van der Waals surface area (Å²) in [6, 6.07) is 1.72. The predicted molar refractivity (Wildman–Crippen MR) is 56.6 cm³/mol. The van der Waals surface area contributed by atoms with Gasteiger partial charge in [-0.15, -0.1) is 0 Å². The minimum Gasteiger partial charge on any atom is -0.390 e. The van der Waals surface area contributed by atoms with Crippen molar-refractivity contribution in [1.29, 1.82) is 0 Å². The van der Waals surface area contributed by atoms with Gasteiger partial charge in [0.1, 0.15) is 6.10 Å². The molecule has 2 atom stereocenters. The maximum absolute atomic E-state index is 9.68. The molecule has 4 nitrogen and oxygen atoms in total. The molecule has 1 aromatic heterocycles. The third-order valence-electron chi connectivity index (χ3n) is 1.89. The van der Waals surface area contributed by atoms with Crippen LogP contribution in [0.3, 0.4) is 0 Å². The van der Waals surface area contributed by atoms with Gasteiger partial charge in [-0.1, -0.05) is 0 Å². The third-order valence-corrected chi connectivity index (χ3v) is 2.33. The van der Waals surface area contributed by atoms with Crippen molar-refractivity contribution in [2.24, 2.45) is 5.73 Å². The molecular weight excluding hydrogens is 248 g/mol. The fourth-order valence-corrected chi connectivity index (χ4v) is 1.52. The molecule has 14 heavy (non-hydrogen) atoms. The largest absolute Gasteiger partial charge is 0.390 e. The Morgan fingerprint density at radius 2 is 2.14 bits per heavy atom. The molecule has 0 aliphatic heterocycles. The van der Waals surface area contributed by atoms with Gasteiger partial charge in [-0.2, -0.15) is 0 Å². The van der Waals surface area contributed by atoms with E-state index in [-0.39, 0.29) is 0 Å².